The fourth-order valence-corrected chi connectivity index (χ4v) is 6.10. The van der Waals surface area contributed by atoms with Gasteiger partial charge >= 0.3 is 0 Å². The highest BCUT2D eigenvalue weighted by Gasteiger charge is 2.24. The molecule has 1 aliphatic heterocycles. The van der Waals surface area contributed by atoms with Crippen molar-refractivity contribution in [2.45, 2.75) is 140 Å². The van der Waals surface area contributed by atoms with Crippen LogP contribution in [0.4, 0.5) is 0 Å². The molecule has 292 valence electrons. The average Bonchev–Trinajstić information content (AvgIpc) is 3.84. The summed E-state index contributed by atoms with van der Waals surface area (Å²) in [6.07, 6.45) is 8.67. The number of fused-ring (bicyclic) bond motifs is 1. The summed E-state index contributed by atoms with van der Waals surface area (Å²) in [5.41, 5.74) is 8.25. The van der Waals surface area contributed by atoms with E-state index in [1.54, 1.807) is 0 Å². The topological polar surface area (TPSA) is 18.5 Å². The molecule has 1 heterocycles. The molecule has 2 heteroatoms. The molecule has 53 heavy (non-hydrogen) atoms. The Morgan fingerprint density at radius 2 is 1.04 bits per heavy atom. The molecule has 2 aliphatic carbocycles. The lowest BCUT2D eigenvalue weighted by molar-refractivity contribution is 0.174. The van der Waals surface area contributed by atoms with Gasteiger partial charge in [0.15, 0.2) is 11.5 Å². The molecule has 0 spiro atoms. The minimum Gasteiger partial charge on any atom is -0.454 e. The molecule has 0 radical (unpaired) electrons. The lowest BCUT2D eigenvalue weighted by Crippen LogP contribution is -2.16. The zero-order valence-corrected chi connectivity index (χ0v) is 36.0. The molecule has 2 nitrogen and oxygen atoms in total. The number of ether oxygens (including phenoxy) is 2. The van der Waals surface area contributed by atoms with E-state index in [0.29, 0.717) is 18.6 Å². The van der Waals surface area contributed by atoms with Crippen molar-refractivity contribution >= 4 is 0 Å². The maximum Gasteiger partial charge on any atom is 0.231 e. The largest absolute Gasteiger partial charge is 0.454 e. The summed E-state index contributed by atoms with van der Waals surface area (Å²) in [6.45, 7) is 29.2. The van der Waals surface area contributed by atoms with E-state index in [-0.39, 0.29) is 0 Å². The van der Waals surface area contributed by atoms with Crippen molar-refractivity contribution in [3.05, 3.63) is 130 Å². The van der Waals surface area contributed by atoms with Crippen LogP contribution in [0.25, 0.3) is 0 Å². The maximum atomic E-state index is 5.27. The third-order valence-electron chi connectivity index (χ3n) is 10.2. The van der Waals surface area contributed by atoms with Crippen LogP contribution >= 0.6 is 0 Å². The van der Waals surface area contributed by atoms with Gasteiger partial charge in [-0.25, -0.2) is 0 Å². The van der Waals surface area contributed by atoms with Crippen molar-refractivity contribution < 1.29 is 9.47 Å². The molecular formula is C51H76O2. The Kier molecular flexibility index (Phi) is 21.3. The molecule has 0 amide bonds. The van der Waals surface area contributed by atoms with E-state index in [1.165, 1.54) is 71.9 Å². The van der Waals surface area contributed by atoms with Crippen LogP contribution < -0.4 is 9.47 Å². The summed E-state index contributed by atoms with van der Waals surface area (Å²) in [6, 6.07) is 33.7. The molecule has 0 unspecified atom stereocenters. The van der Waals surface area contributed by atoms with Crippen LogP contribution in [0, 0.1) is 50.4 Å². The van der Waals surface area contributed by atoms with Crippen LogP contribution in [-0.2, 0) is 6.42 Å². The second-order valence-electron chi connectivity index (χ2n) is 17.0. The van der Waals surface area contributed by atoms with Gasteiger partial charge in [-0.15, -0.1) is 0 Å². The van der Waals surface area contributed by atoms with Gasteiger partial charge in [0.2, 0.25) is 6.79 Å². The van der Waals surface area contributed by atoms with E-state index in [4.69, 9.17) is 9.47 Å². The first-order valence-corrected chi connectivity index (χ1v) is 20.7. The third kappa shape index (κ3) is 19.4. The van der Waals surface area contributed by atoms with Crippen LogP contribution in [0.3, 0.4) is 0 Å². The molecule has 0 atom stereocenters. The van der Waals surface area contributed by atoms with E-state index in [1.807, 2.05) is 12.1 Å². The van der Waals surface area contributed by atoms with Gasteiger partial charge in [-0.05, 0) is 116 Å². The van der Waals surface area contributed by atoms with Crippen LogP contribution in [0.1, 0.15) is 147 Å². The Labute approximate surface area is 327 Å². The highest BCUT2D eigenvalue weighted by atomic mass is 16.7. The molecule has 0 aromatic heterocycles. The highest BCUT2D eigenvalue weighted by molar-refractivity contribution is 5.45. The lowest BCUT2D eigenvalue weighted by atomic mass is 9.78. The van der Waals surface area contributed by atoms with E-state index in [9.17, 15) is 0 Å². The van der Waals surface area contributed by atoms with Crippen LogP contribution in [0.5, 0.6) is 11.5 Å². The second kappa shape index (κ2) is 24.7. The quantitative estimate of drug-likeness (QED) is 0.197. The number of benzene rings is 4. The first-order valence-electron chi connectivity index (χ1n) is 20.7. The van der Waals surface area contributed by atoms with E-state index in [0.717, 1.165) is 41.1 Å². The van der Waals surface area contributed by atoms with Crippen molar-refractivity contribution in [1.82, 2.24) is 0 Å². The first kappa shape index (κ1) is 45.6. The minimum absolute atomic E-state index is 0.358. The van der Waals surface area contributed by atoms with Gasteiger partial charge in [0, 0.05) is 0 Å². The summed E-state index contributed by atoms with van der Waals surface area (Å²) in [5.74, 6) is 7.80. The van der Waals surface area contributed by atoms with Crippen LogP contribution in [0.2, 0.25) is 0 Å². The summed E-state index contributed by atoms with van der Waals surface area (Å²) in [4.78, 5) is 0. The Morgan fingerprint density at radius 3 is 1.42 bits per heavy atom. The predicted molar refractivity (Wildman–Crippen MR) is 233 cm³/mol. The highest BCUT2D eigenvalue weighted by Crippen LogP contribution is 2.36. The number of hydrogen-bond acceptors (Lipinski definition) is 2. The molecule has 2 saturated carbocycles. The molecule has 0 N–H and O–H groups in total. The van der Waals surface area contributed by atoms with Crippen molar-refractivity contribution in [3.63, 3.8) is 0 Å². The lowest BCUT2D eigenvalue weighted by Gasteiger charge is -2.28. The molecule has 0 saturated heterocycles. The maximum absolute atomic E-state index is 5.27. The Morgan fingerprint density at radius 1 is 0.528 bits per heavy atom. The summed E-state index contributed by atoms with van der Waals surface area (Å²) >= 11 is 0. The van der Waals surface area contributed by atoms with Gasteiger partial charge in [0.25, 0.3) is 0 Å². The van der Waals surface area contributed by atoms with Crippen molar-refractivity contribution in [2.75, 3.05) is 6.79 Å². The number of aryl methyl sites for hydroxylation is 3. The summed E-state index contributed by atoms with van der Waals surface area (Å²) in [5, 5.41) is 0. The predicted octanol–water partition coefficient (Wildman–Crippen LogP) is 15.3. The molecule has 7 rings (SSSR count). The Hall–Kier alpha value is -3.52. The number of hydrogen-bond donors (Lipinski definition) is 0. The van der Waals surface area contributed by atoms with E-state index in [2.05, 4.69) is 175 Å². The summed E-state index contributed by atoms with van der Waals surface area (Å²) < 4.78 is 10.5. The zero-order valence-electron chi connectivity index (χ0n) is 36.0. The van der Waals surface area contributed by atoms with Gasteiger partial charge in [-0.1, -0.05) is 185 Å². The van der Waals surface area contributed by atoms with Gasteiger partial charge in [0.1, 0.15) is 0 Å². The fourth-order valence-electron chi connectivity index (χ4n) is 6.10. The smallest absolute Gasteiger partial charge is 0.231 e. The Bertz CT molecular complexity index is 1480. The van der Waals surface area contributed by atoms with Crippen molar-refractivity contribution in [2.24, 2.45) is 29.6 Å². The molecule has 4 aromatic carbocycles. The van der Waals surface area contributed by atoms with Gasteiger partial charge in [-0.2, -0.15) is 0 Å². The number of rotatable bonds is 6. The average molecular weight is 721 g/mol. The summed E-state index contributed by atoms with van der Waals surface area (Å²) in [7, 11) is 0. The van der Waals surface area contributed by atoms with Gasteiger partial charge < -0.3 is 9.47 Å². The molecule has 2 fully saturated rings. The first-order chi connectivity index (χ1) is 25.2. The molecule has 4 aromatic rings. The standard InChI is InChI=1S/C10H12O2.2C10H14.C8H10.C7H14.C6H12/c1-7(2)8-3-4-9-10(5-8)12-6-11-9;1-8(2)10-7-5-4-6-9(10)3;1-9(2)8-10-6-4-3-5-7-10;1-7-3-5-8(2)6-4-7;1-6(2)7-4-3-5-7;1-5(2)6-3-4-6/h3-5,7H,6H2,1-2H3;4-8H,1-3H3;3-7,9H,8H2,1-2H3;3-6H,1-2H3;6-7H,3-5H2,1-2H3;5-6H,3-4H2,1-2H3. The Balaban J connectivity index is 0.000000223. The van der Waals surface area contributed by atoms with Crippen molar-refractivity contribution in [3.8, 4) is 11.5 Å². The monoisotopic (exact) mass is 721 g/mol. The van der Waals surface area contributed by atoms with Crippen molar-refractivity contribution in [1.29, 1.82) is 0 Å². The second-order valence-corrected chi connectivity index (χ2v) is 17.0. The van der Waals surface area contributed by atoms with Gasteiger partial charge in [0.05, 0.1) is 0 Å². The molecular weight excluding hydrogens is 645 g/mol. The molecule has 0 bridgehead atoms. The normalized spacial score (nSPS) is 14.0. The minimum atomic E-state index is 0.358. The SMILES string of the molecule is CC(C)C1CC1.CC(C)C1CCC1.CC(C)Cc1ccccc1.CC(C)c1ccc2c(c1)OCO2.Cc1ccc(C)cc1.Cc1ccccc1C(C)C. The van der Waals surface area contributed by atoms with Crippen LogP contribution in [-0.4, -0.2) is 6.79 Å². The van der Waals surface area contributed by atoms with Crippen LogP contribution in [0.15, 0.2) is 97.1 Å². The fraction of sp³-hybridized carbons (Fsp3) is 0.529. The van der Waals surface area contributed by atoms with Gasteiger partial charge in [-0.3, -0.25) is 0 Å². The molecule has 3 aliphatic rings. The van der Waals surface area contributed by atoms with E-state index < -0.39 is 0 Å². The third-order valence-corrected chi connectivity index (χ3v) is 10.2. The van der Waals surface area contributed by atoms with E-state index >= 15 is 0 Å². The zero-order chi connectivity index (χ0) is 39.3.